The number of rotatable bonds is 8. The van der Waals surface area contributed by atoms with E-state index in [-0.39, 0.29) is 36.8 Å². The van der Waals surface area contributed by atoms with Crippen molar-refractivity contribution in [2.45, 2.75) is 79.4 Å². The van der Waals surface area contributed by atoms with E-state index in [9.17, 15) is 9.59 Å². The molecular weight excluding hydrogens is 256 g/mol. The first-order chi connectivity index (χ1) is 9.06. The van der Waals surface area contributed by atoms with Crippen molar-refractivity contribution in [2.24, 2.45) is 11.8 Å². The molecule has 0 aromatic carbocycles. The van der Waals surface area contributed by atoms with Gasteiger partial charge in [0.05, 0.1) is 18.9 Å². The molecule has 0 aliphatic rings. The first-order valence-electron chi connectivity index (χ1n) is 7.48. The van der Waals surface area contributed by atoms with Crippen LogP contribution in [-0.2, 0) is 19.1 Å². The molecule has 118 valence electrons. The average Bonchev–Trinajstić information content (AvgIpc) is 2.23. The lowest BCUT2D eigenvalue weighted by Crippen LogP contribution is -2.38. The SMILES string of the molecule is CC(C)CC(C)(OC(=O)CCC(=O)OC(C)C)C(C)C. The minimum absolute atomic E-state index is 0.0754. The molecule has 20 heavy (non-hydrogen) atoms. The smallest absolute Gasteiger partial charge is 0.306 e. The molecule has 0 aliphatic heterocycles. The third-order valence-electron chi connectivity index (χ3n) is 3.28. The van der Waals surface area contributed by atoms with Crippen molar-refractivity contribution in [1.82, 2.24) is 0 Å². The van der Waals surface area contributed by atoms with Crippen molar-refractivity contribution in [3.05, 3.63) is 0 Å². The van der Waals surface area contributed by atoms with Crippen LogP contribution in [0.5, 0.6) is 0 Å². The summed E-state index contributed by atoms with van der Waals surface area (Å²) in [6, 6.07) is 0. The molecule has 1 atom stereocenters. The van der Waals surface area contributed by atoms with Crippen molar-refractivity contribution in [3.8, 4) is 0 Å². The molecule has 4 nitrogen and oxygen atoms in total. The van der Waals surface area contributed by atoms with Crippen LogP contribution < -0.4 is 0 Å². The molecule has 0 spiro atoms. The maximum absolute atomic E-state index is 11.9. The summed E-state index contributed by atoms with van der Waals surface area (Å²) in [5.74, 6) is -0.00723. The molecule has 0 radical (unpaired) electrons. The number of carbonyl (C=O) groups excluding carboxylic acids is 2. The Morgan fingerprint density at radius 2 is 1.45 bits per heavy atom. The highest BCUT2D eigenvalue weighted by molar-refractivity contribution is 5.77. The van der Waals surface area contributed by atoms with Gasteiger partial charge in [0.2, 0.25) is 0 Å². The molecular formula is C16H30O4. The highest BCUT2D eigenvalue weighted by Crippen LogP contribution is 2.29. The minimum atomic E-state index is -0.479. The van der Waals surface area contributed by atoms with E-state index in [1.54, 1.807) is 13.8 Å². The number of hydrogen-bond acceptors (Lipinski definition) is 4. The lowest BCUT2D eigenvalue weighted by Gasteiger charge is -2.35. The Morgan fingerprint density at radius 1 is 0.950 bits per heavy atom. The van der Waals surface area contributed by atoms with Crippen molar-refractivity contribution in [3.63, 3.8) is 0 Å². The Balaban J connectivity index is 4.37. The van der Waals surface area contributed by atoms with Gasteiger partial charge in [-0.25, -0.2) is 0 Å². The summed E-state index contributed by atoms with van der Waals surface area (Å²) >= 11 is 0. The Bertz CT molecular complexity index is 320. The van der Waals surface area contributed by atoms with Crippen LogP contribution in [0.15, 0.2) is 0 Å². The van der Waals surface area contributed by atoms with Gasteiger partial charge in [0, 0.05) is 0 Å². The molecule has 1 unspecified atom stereocenters. The summed E-state index contributed by atoms with van der Waals surface area (Å²) in [6.07, 6.45) is 0.812. The van der Waals surface area contributed by atoms with Gasteiger partial charge in [-0.2, -0.15) is 0 Å². The van der Waals surface area contributed by atoms with Crippen LogP contribution in [0.1, 0.15) is 67.7 Å². The second-order valence-electron chi connectivity index (χ2n) is 6.58. The van der Waals surface area contributed by atoms with Gasteiger partial charge in [-0.05, 0) is 39.0 Å². The Labute approximate surface area is 123 Å². The Hall–Kier alpha value is -1.06. The molecule has 0 rings (SSSR count). The van der Waals surface area contributed by atoms with E-state index in [1.807, 2.05) is 20.8 Å². The zero-order valence-corrected chi connectivity index (χ0v) is 14.0. The first-order valence-corrected chi connectivity index (χ1v) is 7.48. The zero-order chi connectivity index (χ0) is 15.9. The van der Waals surface area contributed by atoms with Gasteiger partial charge >= 0.3 is 11.9 Å². The van der Waals surface area contributed by atoms with Crippen LogP contribution in [0.2, 0.25) is 0 Å². The van der Waals surface area contributed by atoms with Gasteiger partial charge in [-0.3, -0.25) is 9.59 Å². The number of carbonyl (C=O) groups is 2. The van der Waals surface area contributed by atoms with E-state index in [4.69, 9.17) is 9.47 Å². The number of hydrogen-bond donors (Lipinski definition) is 0. The Morgan fingerprint density at radius 3 is 1.85 bits per heavy atom. The molecule has 0 saturated carbocycles. The van der Waals surface area contributed by atoms with E-state index in [0.717, 1.165) is 6.42 Å². The quantitative estimate of drug-likeness (QED) is 0.638. The molecule has 0 aromatic heterocycles. The maximum Gasteiger partial charge on any atom is 0.306 e. The van der Waals surface area contributed by atoms with Gasteiger partial charge in [0.25, 0.3) is 0 Å². The fourth-order valence-electron chi connectivity index (χ4n) is 2.04. The highest BCUT2D eigenvalue weighted by Gasteiger charge is 2.33. The molecule has 0 aromatic rings. The van der Waals surface area contributed by atoms with E-state index >= 15 is 0 Å². The average molecular weight is 286 g/mol. The predicted octanol–water partition coefficient (Wildman–Crippen LogP) is 3.72. The van der Waals surface area contributed by atoms with Gasteiger partial charge in [-0.1, -0.05) is 27.7 Å². The largest absolute Gasteiger partial charge is 0.463 e. The van der Waals surface area contributed by atoms with E-state index in [0.29, 0.717) is 5.92 Å². The summed E-state index contributed by atoms with van der Waals surface area (Å²) in [7, 11) is 0. The molecule has 0 fully saturated rings. The van der Waals surface area contributed by atoms with Crippen LogP contribution in [0.25, 0.3) is 0 Å². The number of ether oxygens (including phenoxy) is 2. The molecule has 0 saturated heterocycles. The molecule has 4 heteroatoms. The summed E-state index contributed by atoms with van der Waals surface area (Å²) in [4.78, 5) is 23.3. The van der Waals surface area contributed by atoms with Crippen LogP contribution >= 0.6 is 0 Å². The molecule has 0 amide bonds. The normalized spacial score (nSPS) is 14.5. The topological polar surface area (TPSA) is 52.6 Å². The summed E-state index contributed by atoms with van der Waals surface area (Å²) in [5.41, 5.74) is -0.479. The van der Waals surface area contributed by atoms with Gasteiger partial charge in [0.1, 0.15) is 5.60 Å². The second-order valence-corrected chi connectivity index (χ2v) is 6.58. The third kappa shape index (κ3) is 7.51. The lowest BCUT2D eigenvalue weighted by atomic mass is 9.84. The summed E-state index contributed by atoms with van der Waals surface area (Å²) < 4.78 is 10.6. The minimum Gasteiger partial charge on any atom is -0.463 e. The number of esters is 2. The lowest BCUT2D eigenvalue weighted by molar-refractivity contribution is -0.167. The van der Waals surface area contributed by atoms with Gasteiger partial charge < -0.3 is 9.47 Å². The van der Waals surface area contributed by atoms with Gasteiger partial charge in [0.15, 0.2) is 0 Å². The molecule has 0 bridgehead atoms. The summed E-state index contributed by atoms with van der Waals surface area (Å²) in [6.45, 7) is 13.8. The van der Waals surface area contributed by atoms with E-state index < -0.39 is 5.60 Å². The van der Waals surface area contributed by atoms with Gasteiger partial charge in [-0.15, -0.1) is 0 Å². The molecule has 0 N–H and O–H groups in total. The highest BCUT2D eigenvalue weighted by atomic mass is 16.6. The predicted molar refractivity (Wildman–Crippen MR) is 79.3 cm³/mol. The van der Waals surface area contributed by atoms with Crippen molar-refractivity contribution < 1.29 is 19.1 Å². The molecule has 0 heterocycles. The third-order valence-corrected chi connectivity index (χ3v) is 3.28. The first kappa shape index (κ1) is 18.9. The van der Waals surface area contributed by atoms with E-state index in [1.165, 1.54) is 0 Å². The molecule has 0 aliphatic carbocycles. The van der Waals surface area contributed by atoms with Crippen molar-refractivity contribution in [1.29, 1.82) is 0 Å². The Kier molecular flexibility index (Phi) is 7.84. The second kappa shape index (κ2) is 8.28. The standard InChI is InChI=1S/C16H30O4/c1-11(2)10-16(7,12(3)4)20-15(18)9-8-14(17)19-13(5)6/h11-13H,8-10H2,1-7H3. The van der Waals surface area contributed by atoms with Crippen LogP contribution in [-0.4, -0.2) is 23.6 Å². The van der Waals surface area contributed by atoms with Crippen LogP contribution in [0.4, 0.5) is 0 Å². The van der Waals surface area contributed by atoms with Crippen LogP contribution in [0, 0.1) is 11.8 Å². The fraction of sp³-hybridized carbons (Fsp3) is 0.875. The summed E-state index contributed by atoms with van der Waals surface area (Å²) in [5, 5.41) is 0. The monoisotopic (exact) mass is 286 g/mol. The van der Waals surface area contributed by atoms with Crippen molar-refractivity contribution >= 4 is 11.9 Å². The maximum atomic E-state index is 11.9. The fourth-order valence-corrected chi connectivity index (χ4v) is 2.04. The van der Waals surface area contributed by atoms with Crippen molar-refractivity contribution in [2.75, 3.05) is 0 Å². The zero-order valence-electron chi connectivity index (χ0n) is 14.0. The van der Waals surface area contributed by atoms with Crippen LogP contribution in [0.3, 0.4) is 0 Å². The van der Waals surface area contributed by atoms with E-state index in [2.05, 4.69) is 13.8 Å².